The van der Waals surface area contributed by atoms with Crippen molar-refractivity contribution in [2.75, 3.05) is 33.7 Å². The van der Waals surface area contributed by atoms with Crippen LogP contribution >= 0.6 is 11.3 Å². The molecule has 1 aromatic rings. The fourth-order valence-electron chi connectivity index (χ4n) is 1.75. The molecule has 0 aliphatic carbocycles. The number of nitrogens with zero attached hydrogens (tertiary/aromatic N) is 2. The number of amides is 1. The molecule has 1 heterocycles. The van der Waals surface area contributed by atoms with Gasteiger partial charge in [0.2, 0.25) is 5.91 Å². The van der Waals surface area contributed by atoms with Crippen LogP contribution in [-0.2, 0) is 10.2 Å². The number of carbonyl (C=O) groups is 1. The average Bonchev–Trinajstić information content (AvgIpc) is 3.00. The van der Waals surface area contributed by atoms with Crippen molar-refractivity contribution in [2.45, 2.75) is 26.2 Å². The summed E-state index contributed by atoms with van der Waals surface area (Å²) in [5.41, 5.74) is 1.00. The first-order valence-corrected chi connectivity index (χ1v) is 8.51. The molecule has 1 amide bonds. The first-order valence-electron chi connectivity index (χ1n) is 7.63. The molecule has 1 aromatic heterocycles. The third-order valence-electron chi connectivity index (χ3n) is 3.31. The summed E-state index contributed by atoms with van der Waals surface area (Å²) in [5, 5.41) is 8.62. The summed E-state index contributed by atoms with van der Waals surface area (Å²) < 4.78 is 0. The van der Waals surface area contributed by atoms with Crippen LogP contribution in [0.1, 0.15) is 25.6 Å². The highest BCUT2D eigenvalue weighted by atomic mass is 32.1. The molecular formula is C17H28N4OS. The lowest BCUT2D eigenvalue weighted by Gasteiger charge is -2.25. The molecule has 0 saturated carbocycles. The van der Waals surface area contributed by atoms with E-state index in [1.54, 1.807) is 25.4 Å². The van der Waals surface area contributed by atoms with E-state index < -0.39 is 0 Å². The van der Waals surface area contributed by atoms with E-state index in [9.17, 15) is 4.79 Å². The van der Waals surface area contributed by atoms with Crippen LogP contribution < -0.4 is 10.6 Å². The molecule has 0 aliphatic rings. The second-order valence-corrected chi connectivity index (χ2v) is 7.43. The normalized spacial score (nSPS) is 12.0. The Hall–Kier alpha value is -1.82. The Morgan fingerprint density at radius 1 is 1.39 bits per heavy atom. The third kappa shape index (κ3) is 6.86. The summed E-state index contributed by atoms with van der Waals surface area (Å²) in [6, 6.07) is 4.20. The molecule has 23 heavy (non-hydrogen) atoms. The molecule has 0 saturated heterocycles. The Balaban J connectivity index is 2.70. The summed E-state index contributed by atoms with van der Waals surface area (Å²) in [7, 11) is 3.46. The third-order valence-corrected chi connectivity index (χ3v) is 4.55. The predicted octanol–water partition coefficient (Wildman–Crippen LogP) is 2.23. The molecule has 5 nitrogen and oxygen atoms in total. The molecule has 1 rings (SSSR count). The first kappa shape index (κ1) is 19.2. The van der Waals surface area contributed by atoms with Gasteiger partial charge in [-0.3, -0.25) is 4.79 Å². The number of hydrogen-bond acceptors (Lipinski definition) is 3. The highest BCUT2D eigenvalue weighted by Crippen LogP contribution is 2.26. The molecule has 0 aromatic carbocycles. The van der Waals surface area contributed by atoms with Crippen LogP contribution in [0.15, 0.2) is 34.7 Å². The van der Waals surface area contributed by atoms with Crippen molar-refractivity contribution in [3.05, 3.63) is 34.5 Å². The second-order valence-electron chi connectivity index (χ2n) is 6.48. The monoisotopic (exact) mass is 336 g/mol. The fourth-order valence-corrected chi connectivity index (χ4v) is 2.60. The fraction of sp³-hybridized carbons (Fsp3) is 0.529. The highest BCUT2D eigenvalue weighted by molar-refractivity contribution is 7.10. The van der Waals surface area contributed by atoms with Crippen molar-refractivity contribution >= 4 is 23.2 Å². The van der Waals surface area contributed by atoms with E-state index in [1.807, 2.05) is 6.92 Å². The van der Waals surface area contributed by atoms with Gasteiger partial charge in [-0.2, -0.15) is 0 Å². The number of aliphatic imine (C=N–C) groups is 1. The molecule has 128 valence electrons. The lowest BCUT2D eigenvalue weighted by atomic mass is 9.91. The minimum atomic E-state index is -0.0288. The van der Waals surface area contributed by atoms with Crippen LogP contribution in [0, 0.1) is 0 Å². The van der Waals surface area contributed by atoms with Crippen molar-refractivity contribution in [2.24, 2.45) is 4.99 Å². The van der Waals surface area contributed by atoms with E-state index in [0.29, 0.717) is 12.5 Å². The minimum Gasteiger partial charge on any atom is -0.355 e. The van der Waals surface area contributed by atoms with Crippen LogP contribution in [0.3, 0.4) is 0 Å². The number of nitrogens with one attached hydrogen (secondary N) is 2. The zero-order valence-electron chi connectivity index (χ0n) is 14.8. The van der Waals surface area contributed by atoms with E-state index >= 15 is 0 Å². The van der Waals surface area contributed by atoms with Gasteiger partial charge in [0.15, 0.2) is 5.96 Å². The van der Waals surface area contributed by atoms with Gasteiger partial charge < -0.3 is 15.5 Å². The molecule has 0 spiro atoms. The molecule has 6 heteroatoms. The van der Waals surface area contributed by atoms with Gasteiger partial charge in [0.25, 0.3) is 0 Å². The lowest BCUT2D eigenvalue weighted by molar-refractivity contribution is -0.127. The summed E-state index contributed by atoms with van der Waals surface area (Å²) in [6.07, 6.45) is 0. The van der Waals surface area contributed by atoms with Crippen LogP contribution in [0.2, 0.25) is 0 Å². The topological polar surface area (TPSA) is 56.7 Å². The molecule has 0 atom stereocenters. The van der Waals surface area contributed by atoms with Crippen LogP contribution in [0.4, 0.5) is 0 Å². The second kappa shape index (κ2) is 8.72. The molecular weight excluding hydrogens is 308 g/mol. The van der Waals surface area contributed by atoms with Crippen molar-refractivity contribution in [1.82, 2.24) is 15.5 Å². The first-order chi connectivity index (χ1) is 10.7. The molecule has 0 unspecified atom stereocenters. The number of likely N-dealkylation sites (N-methyl/N-ethyl adjacent to an activating group) is 1. The van der Waals surface area contributed by atoms with Gasteiger partial charge in [0, 0.05) is 37.5 Å². The van der Waals surface area contributed by atoms with Gasteiger partial charge in [0.05, 0.1) is 0 Å². The standard InChI is InChI=1S/C17H28N4OS/c1-13(2)10-18-16(19-11-15(22)21(5)6)20-12-17(3,4)14-8-7-9-23-14/h7-9H,1,10-12H2,2-6H3,(H2,18,19,20). The van der Waals surface area contributed by atoms with E-state index in [1.165, 1.54) is 9.78 Å². The summed E-state index contributed by atoms with van der Waals surface area (Å²) in [4.78, 5) is 18.9. The molecule has 0 fully saturated rings. The van der Waals surface area contributed by atoms with Crippen molar-refractivity contribution in [3.8, 4) is 0 Å². The number of rotatable bonds is 7. The smallest absolute Gasteiger partial charge is 0.243 e. The molecule has 0 radical (unpaired) electrons. The summed E-state index contributed by atoms with van der Waals surface area (Å²) >= 11 is 1.75. The maximum absolute atomic E-state index is 11.7. The molecule has 0 aliphatic heterocycles. The van der Waals surface area contributed by atoms with Gasteiger partial charge in [-0.15, -0.1) is 11.3 Å². The van der Waals surface area contributed by atoms with Gasteiger partial charge in [-0.05, 0) is 18.4 Å². The van der Waals surface area contributed by atoms with E-state index in [-0.39, 0.29) is 17.9 Å². The summed E-state index contributed by atoms with van der Waals surface area (Å²) in [6.45, 7) is 11.7. The zero-order chi connectivity index (χ0) is 17.5. The Labute approximate surface area is 143 Å². The Kier molecular flexibility index (Phi) is 7.29. The number of carbonyl (C=O) groups excluding carboxylic acids is 1. The number of hydrogen-bond donors (Lipinski definition) is 2. The lowest BCUT2D eigenvalue weighted by Crippen LogP contribution is -2.44. The maximum Gasteiger partial charge on any atom is 0.243 e. The maximum atomic E-state index is 11.7. The SMILES string of the molecule is C=C(C)CNC(=NCC(=O)N(C)C)NCC(C)(C)c1cccs1. The van der Waals surface area contributed by atoms with Gasteiger partial charge >= 0.3 is 0 Å². The van der Waals surface area contributed by atoms with E-state index in [0.717, 1.165) is 12.1 Å². The molecule has 0 bridgehead atoms. The zero-order valence-corrected chi connectivity index (χ0v) is 15.6. The van der Waals surface area contributed by atoms with Gasteiger partial charge in [0.1, 0.15) is 6.54 Å². The largest absolute Gasteiger partial charge is 0.355 e. The Bertz CT molecular complexity index is 547. The Morgan fingerprint density at radius 3 is 2.61 bits per heavy atom. The number of guanidine groups is 1. The van der Waals surface area contributed by atoms with Crippen molar-refractivity contribution < 1.29 is 4.79 Å². The van der Waals surface area contributed by atoms with E-state index in [2.05, 4.69) is 53.6 Å². The predicted molar refractivity (Wildman–Crippen MR) is 99.2 cm³/mol. The molecule has 2 N–H and O–H groups in total. The van der Waals surface area contributed by atoms with Crippen LogP contribution in [0.25, 0.3) is 0 Å². The van der Waals surface area contributed by atoms with Gasteiger partial charge in [-0.25, -0.2) is 4.99 Å². The number of thiophene rings is 1. The van der Waals surface area contributed by atoms with Crippen molar-refractivity contribution in [1.29, 1.82) is 0 Å². The highest BCUT2D eigenvalue weighted by Gasteiger charge is 2.22. The van der Waals surface area contributed by atoms with Gasteiger partial charge in [-0.1, -0.05) is 32.1 Å². The van der Waals surface area contributed by atoms with Crippen LogP contribution in [-0.4, -0.2) is 50.5 Å². The van der Waals surface area contributed by atoms with E-state index in [4.69, 9.17) is 0 Å². The minimum absolute atomic E-state index is 0.00853. The average molecular weight is 337 g/mol. The van der Waals surface area contributed by atoms with Crippen LogP contribution in [0.5, 0.6) is 0 Å². The Morgan fingerprint density at radius 2 is 2.09 bits per heavy atom. The summed E-state index contributed by atoms with van der Waals surface area (Å²) in [5.74, 6) is 0.603. The van der Waals surface area contributed by atoms with Crippen molar-refractivity contribution in [3.63, 3.8) is 0 Å². The quantitative estimate of drug-likeness (QED) is 0.456.